The lowest BCUT2D eigenvalue weighted by Crippen LogP contribution is -2.08. The quantitative estimate of drug-likeness (QED) is 0.721. The third-order valence-corrected chi connectivity index (χ3v) is 4.44. The number of aryl methyl sites for hydroxylation is 1. The summed E-state index contributed by atoms with van der Waals surface area (Å²) in [7, 11) is 0. The second-order valence-corrected chi connectivity index (χ2v) is 6.50. The zero-order valence-electron chi connectivity index (χ0n) is 15.0. The Morgan fingerprint density at radius 1 is 1.18 bits per heavy atom. The molecule has 0 saturated carbocycles. The minimum atomic E-state index is -4.37. The number of hydrogen-bond donors (Lipinski definition) is 1. The molecule has 144 valence electrons. The molecule has 0 atom stereocenters. The van der Waals surface area contributed by atoms with Crippen LogP contribution >= 0.6 is 0 Å². The molecular formula is C20H17F3N4O. The van der Waals surface area contributed by atoms with Gasteiger partial charge in [-0.2, -0.15) is 13.2 Å². The lowest BCUT2D eigenvalue weighted by Gasteiger charge is -2.12. The molecule has 8 heteroatoms. The molecule has 1 aliphatic heterocycles. The standard InChI is InChI=1S/C20H17F3N4O/c1-12-26-18-10-24-17(14-5-6-28-11-14)8-16(18)19(27-12)25-9-13-3-2-4-15(7-13)20(21,22)23/h2-5,7-8,10H,6,9,11H2,1H3,(H,25,26,27). The van der Waals surface area contributed by atoms with Crippen LogP contribution in [0.25, 0.3) is 16.5 Å². The van der Waals surface area contributed by atoms with Crippen LogP contribution in [0.15, 0.2) is 42.6 Å². The van der Waals surface area contributed by atoms with E-state index in [1.165, 1.54) is 6.07 Å². The van der Waals surface area contributed by atoms with Crippen LogP contribution in [0.3, 0.4) is 0 Å². The van der Waals surface area contributed by atoms with Crippen LogP contribution in [0, 0.1) is 6.92 Å². The Labute approximate surface area is 159 Å². The molecule has 3 aromatic rings. The van der Waals surface area contributed by atoms with E-state index in [1.807, 2.05) is 12.1 Å². The third kappa shape index (κ3) is 3.82. The van der Waals surface area contributed by atoms with E-state index in [2.05, 4.69) is 20.3 Å². The van der Waals surface area contributed by atoms with E-state index in [9.17, 15) is 13.2 Å². The number of fused-ring (bicyclic) bond motifs is 1. The number of pyridine rings is 1. The fraction of sp³-hybridized carbons (Fsp3) is 0.250. The minimum Gasteiger partial charge on any atom is -0.373 e. The molecule has 1 N–H and O–H groups in total. The van der Waals surface area contributed by atoms with Crippen molar-refractivity contribution in [2.45, 2.75) is 19.6 Å². The molecule has 0 radical (unpaired) electrons. The monoisotopic (exact) mass is 386 g/mol. The Bertz CT molecular complexity index is 1060. The molecule has 5 nitrogen and oxygen atoms in total. The van der Waals surface area contributed by atoms with Gasteiger partial charge in [-0.05, 0) is 30.7 Å². The SMILES string of the molecule is Cc1nc(NCc2cccc(C(F)(F)F)c2)c2cc(C3=CCOC3)ncc2n1. The highest BCUT2D eigenvalue weighted by Gasteiger charge is 2.30. The highest BCUT2D eigenvalue weighted by Crippen LogP contribution is 2.30. The molecule has 0 unspecified atom stereocenters. The molecule has 0 fully saturated rings. The Kier molecular flexibility index (Phi) is 4.72. The van der Waals surface area contributed by atoms with E-state index >= 15 is 0 Å². The predicted molar refractivity (Wildman–Crippen MR) is 99.6 cm³/mol. The van der Waals surface area contributed by atoms with Gasteiger partial charge in [-0.25, -0.2) is 9.97 Å². The predicted octanol–water partition coefficient (Wildman–Crippen LogP) is 4.38. The number of nitrogens with zero attached hydrogens (tertiary/aromatic N) is 3. The molecule has 3 heterocycles. The number of benzene rings is 1. The summed E-state index contributed by atoms with van der Waals surface area (Å²) in [4.78, 5) is 13.3. The van der Waals surface area contributed by atoms with Crippen molar-refractivity contribution in [3.05, 3.63) is 65.2 Å². The van der Waals surface area contributed by atoms with Gasteiger partial charge in [0.25, 0.3) is 0 Å². The van der Waals surface area contributed by atoms with Crippen LogP contribution in [0.4, 0.5) is 19.0 Å². The van der Waals surface area contributed by atoms with Crippen LogP contribution in [0.2, 0.25) is 0 Å². The molecule has 0 spiro atoms. The maximum Gasteiger partial charge on any atom is 0.416 e. The first-order valence-corrected chi connectivity index (χ1v) is 8.72. The average Bonchev–Trinajstić information content (AvgIpc) is 3.20. The van der Waals surface area contributed by atoms with Gasteiger partial charge in [0, 0.05) is 17.5 Å². The summed E-state index contributed by atoms with van der Waals surface area (Å²) in [6.07, 6.45) is -0.723. The van der Waals surface area contributed by atoms with E-state index in [1.54, 1.807) is 19.2 Å². The summed E-state index contributed by atoms with van der Waals surface area (Å²) in [5, 5.41) is 3.90. The lowest BCUT2D eigenvalue weighted by atomic mass is 10.1. The normalized spacial score (nSPS) is 14.4. The Morgan fingerprint density at radius 3 is 2.79 bits per heavy atom. The first-order valence-electron chi connectivity index (χ1n) is 8.72. The second kappa shape index (κ2) is 7.20. The van der Waals surface area contributed by atoms with Gasteiger partial charge in [0.2, 0.25) is 0 Å². The minimum absolute atomic E-state index is 0.207. The number of hydrogen-bond acceptors (Lipinski definition) is 5. The largest absolute Gasteiger partial charge is 0.416 e. The van der Waals surface area contributed by atoms with Crippen molar-refractivity contribution in [3.63, 3.8) is 0 Å². The number of alkyl halides is 3. The van der Waals surface area contributed by atoms with Crippen LogP contribution in [-0.2, 0) is 17.5 Å². The van der Waals surface area contributed by atoms with Crippen molar-refractivity contribution < 1.29 is 17.9 Å². The number of anilines is 1. The lowest BCUT2D eigenvalue weighted by molar-refractivity contribution is -0.137. The summed E-state index contributed by atoms with van der Waals surface area (Å²) < 4.78 is 44.1. The van der Waals surface area contributed by atoms with Crippen LogP contribution in [0.1, 0.15) is 22.6 Å². The second-order valence-electron chi connectivity index (χ2n) is 6.50. The van der Waals surface area contributed by atoms with Gasteiger partial charge >= 0.3 is 6.18 Å². The molecule has 0 bridgehead atoms. The number of halogens is 3. The van der Waals surface area contributed by atoms with E-state index in [0.29, 0.717) is 35.9 Å². The number of rotatable bonds is 4. The van der Waals surface area contributed by atoms with Crippen molar-refractivity contribution in [2.24, 2.45) is 0 Å². The van der Waals surface area contributed by atoms with Crippen LogP contribution in [-0.4, -0.2) is 28.2 Å². The molecule has 2 aromatic heterocycles. The van der Waals surface area contributed by atoms with Gasteiger partial charge < -0.3 is 10.1 Å². The van der Waals surface area contributed by atoms with Gasteiger partial charge in [0.05, 0.1) is 36.2 Å². The molecule has 1 aliphatic rings. The maximum atomic E-state index is 12.9. The van der Waals surface area contributed by atoms with Crippen LogP contribution in [0.5, 0.6) is 0 Å². The average molecular weight is 386 g/mol. The topological polar surface area (TPSA) is 59.9 Å². The van der Waals surface area contributed by atoms with Crippen LogP contribution < -0.4 is 5.32 Å². The van der Waals surface area contributed by atoms with Crippen molar-refractivity contribution in [1.29, 1.82) is 0 Å². The highest BCUT2D eigenvalue weighted by atomic mass is 19.4. The highest BCUT2D eigenvalue weighted by molar-refractivity contribution is 5.90. The Hall–Kier alpha value is -3.00. The van der Waals surface area contributed by atoms with Crippen molar-refractivity contribution >= 4 is 22.3 Å². The fourth-order valence-corrected chi connectivity index (χ4v) is 3.07. The molecule has 28 heavy (non-hydrogen) atoms. The van der Waals surface area contributed by atoms with Crippen molar-refractivity contribution in [1.82, 2.24) is 15.0 Å². The van der Waals surface area contributed by atoms with Gasteiger partial charge in [0.1, 0.15) is 11.6 Å². The van der Waals surface area contributed by atoms with Gasteiger partial charge in [-0.15, -0.1) is 0 Å². The van der Waals surface area contributed by atoms with Gasteiger partial charge in [-0.3, -0.25) is 4.98 Å². The van der Waals surface area contributed by atoms with Crippen molar-refractivity contribution in [3.8, 4) is 0 Å². The molecule has 1 aromatic carbocycles. The van der Waals surface area contributed by atoms with Crippen molar-refractivity contribution in [2.75, 3.05) is 18.5 Å². The van der Waals surface area contributed by atoms with E-state index in [4.69, 9.17) is 4.74 Å². The third-order valence-electron chi connectivity index (χ3n) is 4.44. The number of aromatic nitrogens is 3. The summed E-state index contributed by atoms with van der Waals surface area (Å²) >= 11 is 0. The zero-order chi connectivity index (χ0) is 19.7. The summed E-state index contributed by atoms with van der Waals surface area (Å²) in [6.45, 7) is 3.02. The Morgan fingerprint density at radius 2 is 2.04 bits per heavy atom. The summed E-state index contributed by atoms with van der Waals surface area (Å²) in [5.74, 6) is 1.11. The number of ether oxygens (including phenoxy) is 1. The maximum absolute atomic E-state index is 12.9. The van der Waals surface area contributed by atoms with E-state index in [-0.39, 0.29) is 6.54 Å². The zero-order valence-corrected chi connectivity index (χ0v) is 15.0. The van der Waals surface area contributed by atoms with Gasteiger partial charge in [-0.1, -0.05) is 18.2 Å². The molecule has 0 amide bonds. The Balaban J connectivity index is 1.65. The first kappa shape index (κ1) is 18.4. The smallest absolute Gasteiger partial charge is 0.373 e. The molecule has 0 aliphatic carbocycles. The molecule has 4 rings (SSSR count). The molecule has 0 saturated heterocycles. The summed E-state index contributed by atoms with van der Waals surface area (Å²) in [6, 6.07) is 7.12. The first-order chi connectivity index (χ1) is 13.4. The molecular weight excluding hydrogens is 369 g/mol. The van der Waals surface area contributed by atoms with E-state index in [0.717, 1.165) is 28.8 Å². The van der Waals surface area contributed by atoms with E-state index < -0.39 is 11.7 Å². The summed E-state index contributed by atoms with van der Waals surface area (Å²) in [5.41, 5.74) is 2.28. The van der Waals surface area contributed by atoms with Gasteiger partial charge in [0.15, 0.2) is 0 Å². The number of nitrogens with one attached hydrogen (secondary N) is 1. The fourth-order valence-electron chi connectivity index (χ4n) is 3.07.